The molecule has 0 bridgehead atoms. The van der Waals surface area contributed by atoms with E-state index in [1.165, 1.54) is 0 Å². The quantitative estimate of drug-likeness (QED) is 0.927. The lowest BCUT2D eigenvalue weighted by molar-refractivity contribution is 0.0736. The van der Waals surface area contributed by atoms with Gasteiger partial charge in [0.1, 0.15) is 0 Å². The zero-order chi connectivity index (χ0) is 14.1. The first-order valence-corrected chi connectivity index (χ1v) is 7.00. The lowest BCUT2D eigenvalue weighted by Crippen LogP contribution is -2.43. The van der Waals surface area contributed by atoms with E-state index in [9.17, 15) is 4.79 Å². The monoisotopic (exact) mass is 269 g/mol. The first-order chi connectivity index (χ1) is 9.65. The number of nitrogens with zero attached hydrogens (tertiary/aromatic N) is 2. The van der Waals surface area contributed by atoms with Gasteiger partial charge in [-0.25, -0.2) is 0 Å². The zero-order valence-corrected chi connectivity index (χ0v) is 11.6. The van der Waals surface area contributed by atoms with Crippen molar-refractivity contribution >= 4 is 16.8 Å². The SMILES string of the molecule is CN(CC1CC(N)C1)C(=O)c1cccc2cccnc12. The van der Waals surface area contributed by atoms with Gasteiger partial charge >= 0.3 is 0 Å². The smallest absolute Gasteiger partial charge is 0.255 e. The van der Waals surface area contributed by atoms with Crippen LogP contribution in [-0.2, 0) is 0 Å². The molecule has 0 atom stereocenters. The molecular formula is C16H19N3O. The van der Waals surface area contributed by atoms with E-state index in [2.05, 4.69) is 4.98 Å². The van der Waals surface area contributed by atoms with Gasteiger partial charge in [0.2, 0.25) is 0 Å². The summed E-state index contributed by atoms with van der Waals surface area (Å²) in [6.07, 6.45) is 3.76. The third-order valence-electron chi connectivity index (χ3n) is 4.01. The maximum Gasteiger partial charge on any atom is 0.255 e. The van der Waals surface area contributed by atoms with Crippen LogP contribution in [0.2, 0.25) is 0 Å². The number of benzene rings is 1. The molecule has 0 unspecified atom stereocenters. The highest BCUT2D eigenvalue weighted by atomic mass is 16.2. The van der Waals surface area contributed by atoms with Crippen LogP contribution in [-0.4, -0.2) is 35.4 Å². The van der Waals surface area contributed by atoms with E-state index < -0.39 is 0 Å². The Kier molecular flexibility index (Phi) is 3.40. The second-order valence-electron chi connectivity index (χ2n) is 5.66. The number of nitrogens with two attached hydrogens (primary N) is 1. The minimum Gasteiger partial charge on any atom is -0.341 e. The van der Waals surface area contributed by atoms with Crippen molar-refractivity contribution in [1.82, 2.24) is 9.88 Å². The molecule has 2 N–H and O–H groups in total. The molecule has 1 aromatic carbocycles. The highest BCUT2D eigenvalue weighted by molar-refractivity contribution is 6.05. The lowest BCUT2D eigenvalue weighted by Gasteiger charge is -2.35. The molecule has 0 aliphatic heterocycles. The van der Waals surface area contributed by atoms with E-state index in [-0.39, 0.29) is 5.91 Å². The number of rotatable bonds is 3. The van der Waals surface area contributed by atoms with Crippen LogP contribution in [0.25, 0.3) is 10.9 Å². The Balaban J connectivity index is 1.81. The van der Waals surface area contributed by atoms with Crippen LogP contribution in [0.15, 0.2) is 36.5 Å². The Bertz CT molecular complexity index is 629. The van der Waals surface area contributed by atoms with Crippen molar-refractivity contribution in [2.45, 2.75) is 18.9 Å². The topological polar surface area (TPSA) is 59.2 Å². The van der Waals surface area contributed by atoms with Gasteiger partial charge in [-0.2, -0.15) is 0 Å². The number of para-hydroxylation sites is 1. The summed E-state index contributed by atoms with van der Waals surface area (Å²) in [4.78, 5) is 18.7. The summed E-state index contributed by atoms with van der Waals surface area (Å²) in [7, 11) is 1.86. The number of hydrogen-bond acceptors (Lipinski definition) is 3. The standard InChI is InChI=1S/C16H19N3O/c1-19(10-11-8-13(17)9-11)16(20)14-6-2-4-12-5-3-7-18-15(12)14/h2-7,11,13H,8-10,17H2,1H3. The van der Waals surface area contributed by atoms with E-state index in [1.807, 2.05) is 37.4 Å². The molecule has 20 heavy (non-hydrogen) atoms. The average Bonchev–Trinajstić information content (AvgIpc) is 2.44. The average molecular weight is 269 g/mol. The third-order valence-corrected chi connectivity index (χ3v) is 4.01. The lowest BCUT2D eigenvalue weighted by atomic mass is 9.80. The molecule has 0 radical (unpaired) electrons. The van der Waals surface area contributed by atoms with Crippen LogP contribution in [0.5, 0.6) is 0 Å². The van der Waals surface area contributed by atoms with Gasteiger partial charge in [0.15, 0.2) is 0 Å². The van der Waals surface area contributed by atoms with Crippen molar-refractivity contribution in [2.24, 2.45) is 11.7 Å². The summed E-state index contributed by atoms with van der Waals surface area (Å²) in [5.74, 6) is 0.580. The molecular weight excluding hydrogens is 250 g/mol. The van der Waals surface area contributed by atoms with Gasteiger partial charge in [-0.15, -0.1) is 0 Å². The van der Waals surface area contributed by atoms with Crippen LogP contribution < -0.4 is 5.73 Å². The van der Waals surface area contributed by atoms with E-state index in [0.717, 1.165) is 30.3 Å². The predicted molar refractivity (Wildman–Crippen MR) is 79.4 cm³/mol. The number of fused-ring (bicyclic) bond motifs is 1. The predicted octanol–water partition coefficient (Wildman–Crippen LogP) is 2.04. The number of pyridine rings is 1. The van der Waals surface area contributed by atoms with Gasteiger partial charge in [-0.05, 0) is 30.9 Å². The van der Waals surface area contributed by atoms with Crippen molar-refractivity contribution in [3.05, 3.63) is 42.1 Å². The molecule has 0 spiro atoms. The second-order valence-corrected chi connectivity index (χ2v) is 5.66. The van der Waals surface area contributed by atoms with Gasteiger partial charge in [0.25, 0.3) is 5.91 Å². The molecule has 0 saturated heterocycles. The highest BCUT2D eigenvalue weighted by Gasteiger charge is 2.28. The Morgan fingerprint density at radius 1 is 1.35 bits per heavy atom. The Hall–Kier alpha value is -1.94. The fourth-order valence-electron chi connectivity index (χ4n) is 2.89. The maximum atomic E-state index is 12.6. The van der Waals surface area contributed by atoms with Crippen LogP contribution in [0.3, 0.4) is 0 Å². The molecule has 1 aliphatic rings. The van der Waals surface area contributed by atoms with Crippen LogP contribution in [0.1, 0.15) is 23.2 Å². The summed E-state index contributed by atoms with van der Waals surface area (Å²) >= 11 is 0. The molecule has 3 rings (SSSR count). The number of amides is 1. The minimum atomic E-state index is 0.0368. The van der Waals surface area contributed by atoms with E-state index >= 15 is 0 Å². The van der Waals surface area contributed by atoms with Gasteiger partial charge in [-0.1, -0.05) is 18.2 Å². The molecule has 1 heterocycles. The molecule has 1 saturated carbocycles. The molecule has 4 nitrogen and oxygen atoms in total. The number of hydrogen-bond donors (Lipinski definition) is 1. The number of aromatic nitrogens is 1. The Morgan fingerprint density at radius 2 is 2.10 bits per heavy atom. The summed E-state index contributed by atoms with van der Waals surface area (Å²) in [5, 5.41) is 0.998. The van der Waals surface area contributed by atoms with Crippen molar-refractivity contribution < 1.29 is 4.79 Å². The van der Waals surface area contributed by atoms with Crippen LogP contribution in [0.4, 0.5) is 0 Å². The maximum absolute atomic E-state index is 12.6. The van der Waals surface area contributed by atoms with Crippen molar-refractivity contribution in [2.75, 3.05) is 13.6 Å². The second kappa shape index (κ2) is 5.21. The molecule has 4 heteroatoms. The fourth-order valence-corrected chi connectivity index (χ4v) is 2.89. The molecule has 1 amide bonds. The molecule has 1 aliphatic carbocycles. The van der Waals surface area contributed by atoms with Crippen molar-refractivity contribution in [3.8, 4) is 0 Å². The summed E-state index contributed by atoms with van der Waals surface area (Å²) in [6, 6.07) is 9.91. The fraction of sp³-hybridized carbons (Fsp3) is 0.375. The normalized spacial score (nSPS) is 21.5. The zero-order valence-electron chi connectivity index (χ0n) is 11.6. The molecule has 1 fully saturated rings. The van der Waals surface area contributed by atoms with E-state index in [0.29, 0.717) is 17.5 Å². The summed E-state index contributed by atoms with van der Waals surface area (Å²) in [6.45, 7) is 0.774. The first-order valence-electron chi connectivity index (χ1n) is 7.00. The third kappa shape index (κ3) is 2.39. The highest BCUT2D eigenvalue weighted by Crippen LogP contribution is 2.27. The molecule has 1 aromatic heterocycles. The van der Waals surface area contributed by atoms with Gasteiger partial charge in [-0.3, -0.25) is 9.78 Å². The summed E-state index contributed by atoms with van der Waals surface area (Å²) in [5.41, 5.74) is 7.24. The van der Waals surface area contributed by atoms with Crippen molar-refractivity contribution in [1.29, 1.82) is 0 Å². The van der Waals surface area contributed by atoms with Crippen molar-refractivity contribution in [3.63, 3.8) is 0 Å². The van der Waals surface area contributed by atoms with Crippen LogP contribution >= 0.6 is 0 Å². The van der Waals surface area contributed by atoms with Gasteiger partial charge in [0, 0.05) is 31.2 Å². The van der Waals surface area contributed by atoms with Gasteiger partial charge < -0.3 is 10.6 Å². The van der Waals surface area contributed by atoms with E-state index in [1.54, 1.807) is 11.1 Å². The number of carbonyl (C=O) groups is 1. The van der Waals surface area contributed by atoms with Crippen LogP contribution in [0, 0.1) is 5.92 Å². The number of carbonyl (C=O) groups excluding carboxylic acids is 1. The summed E-state index contributed by atoms with van der Waals surface area (Å²) < 4.78 is 0. The van der Waals surface area contributed by atoms with Gasteiger partial charge in [0.05, 0.1) is 11.1 Å². The molecule has 104 valence electrons. The molecule has 2 aromatic rings. The van der Waals surface area contributed by atoms with E-state index in [4.69, 9.17) is 5.73 Å². The first kappa shape index (κ1) is 13.1. The largest absolute Gasteiger partial charge is 0.341 e. The Morgan fingerprint density at radius 3 is 2.85 bits per heavy atom. The Labute approximate surface area is 118 Å². The minimum absolute atomic E-state index is 0.0368.